The Bertz CT molecular complexity index is 376. The molecule has 0 heterocycles. The van der Waals surface area contributed by atoms with Crippen LogP contribution >= 0.6 is 0 Å². The van der Waals surface area contributed by atoms with Gasteiger partial charge in [0.15, 0.2) is 0 Å². The summed E-state index contributed by atoms with van der Waals surface area (Å²) in [5.74, 6) is 0.919. The molecule has 1 fully saturated rings. The van der Waals surface area contributed by atoms with Crippen molar-refractivity contribution in [1.29, 1.82) is 0 Å². The van der Waals surface area contributed by atoms with Gasteiger partial charge in [0.05, 0.1) is 6.61 Å². The fourth-order valence-electron chi connectivity index (χ4n) is 3.68. The summed E-state index contributed by atoms with van der Waals surface area (Å²) in [6, 6.07) is 10.1. The van der Waals surface area contributed by atoms with E-state index >= 15 is 0 Å². The van der Waals surface area contributed by atoms with E-state index in [1.807, 2.05) is 30.3 Å². The molecule has 1 aliphatic rings. The monoisotopic (exact) mass is 262 g/mol. The van der Waals surface area contributed by atoms with Gasteiger partial charge in [0, 0.05) is 7.11 Å². The SMILES string of the molecule is CCC1CCCCC1C(O)(COC)c1ccccc1. The second kappa shape index (κ2) is 6.53. The Morgan fingerprint density at radius 3 is 2.53 bits per heavy atom. The zero-order valence-electron chi connectivity index (χ0n) is 12.1. The van der Waals surface area contributed by atoms with E-state index in [-0.39, 0.29) is 0 Å². The summed E-state index contributed by atoms with van der Waals surface area (Å²) in [6.07, 6.45) is 6.00. The molecular weight excluding hydrogens is 236 g/mol. The molecule has 0 aliphatic heterocycles. The third kappa shape index (κ3) is 3.01. The fraction of sp³-hybridized carbons (Fsp3) is 0.647. The first kappa shape index (κ1) is 14.5. The minimum atomic E-state index is -0.836. The van der Waals surface area contributed by atoms with Gasteiger partial charge in [-0.15, -0.1) is 0 Å². The summed E-state index contributed by atoms with van der Waals surface area (Å²) < 4.78 is 5.36. The van der Waals surface area contributed by atoms with Crippen molar-refractivity contribution in [2.24, 2.45) is 11.8 Å². The molecule has 106 valence electrons. The van der Waals surface area contributed by atoms with Crippen LogP contribution in [0.4, 0.5) is 0 Å². The van der Waals surface area contributed by atoms with Gasteiger partial charge < -0.3 is 9.84 Å². The molecular formula is C17H26O2. The molecule has 0 aromatic heterocycles. The number of methoxy groups -OCH3 is 1. The summed E-state index contributed by atoms with van der Waals surface area (Å²) in [5.41, 5.74) is 0.166. The van der Waals surface area contributed by atoms with E-state index in [9.17, 15) is 5.11 Å². The molecule has 2 heteroatoms. The van der Waals surface area contributed by atoms with Crippen molar-refractivity contribution in [3.8, 4) is 0 Å². The van der Waals surface area contributed by atoms with Crippen LogP contribution in [0.15, 0.2) is 30.3 Å². The maximum Gasteiger partial charge on any atom is 0.116 e. The summed E-state index contributed by atoms with van der Waals surface area (Å²) >= 11 is 0. The highest BCUT2D eigenvalue weighted by Gasteiger charge is 2.43. The number of hydrogen-bond acceptors (Lipinski definition) is 2. The van der Waals surface area contributed by atoms with Crippen molar-refractivity contribution in [2.45, 2.75) is 44.6 Å². The molecule has 0 radical (unpaired) electrons. The van der Waals surface area contributed by atoms with Crippen LogP contribution in [-0.2, 0) is 10.3 Å². The lowest BCUT2D eigenvalue weighted by molar-refractivity contribution is -0.108. The van der Waals surface area contributed by atoms with Gasteiger partial charge in [-0.1, -0.05) is 62.9 Å². The number of hydrogen-bond donors (Lipinski definition) is 1. The van der Waals surface area contributed by atoms with Gasteiger partial charge in [0.25, 0.3) is 0 Å². The van der Waals surface area contributed by atoms with Crippen LogP contribution < -0.4 is 0 Å². The van der Waals surface area contributed by atoms with E-state index < -0.39 is 5.60 Å². The van der Waals surface area contributed by atoms with Gasteiger partial charge in [-0.3, -0.25) is 0 Å². The summed E-state index contributed by atoms with van der Waals surface area (Å²) in [4.78, 5) is 0. The van der Waals surface area contributed by atoms with E-state index in [1.54, 1.807) is 7.11 Å². The summed E-state index contributed by atoms with van der Waals surface area (Å²) in [5, 5.41) is 11.3. The average Bonchev–Trinajstić information content (AvgIpc) is 2.48. The molecule has 2 rings (SSSR count). The minimum Gasteiger partial charge on any atom is -0.382 e. The van der Waals surface area contributed by atoms with Crippen molar-refractivity contribution >= 4 is 0 Å². The predicted octanol–water partition coefficient (Wildman–Crippen LogP) is 3.74. The van der Waals surface area contributed by atoms with Crippen molar-refractivity contribution in [1.82, 2.24) is 0 Å². The number of rotatable bonds is 5. The molecule has 19 heavy (non-hydrogen) atoms. The number of ether oxygens (including phenoxy) is 1. The predicted molar refractivity (Wildman–Crippen MR) is 78.0 cm³/mol. The lowest BCUT2D eigenvalue weighted by Crippen LogP contribution is -2.44. The molecule has 1 aromatic carbocycles. The molecule has 3 unspecified atom stereocenters. The van der Waals surface area contributed by atoms with Crippen LogP contribution in [0.5, 0.6) is 0 Å². The van der Waals surface area contributed by atoms with E-state index in [4.69, 9.17) is 4.74 Å². The highest BCUT2D eigenvalue weighted by atomic mass is 16.5. The van der Waals surface area contributed by atoms with Crippen molar-refractivity contribution in [3.05, 3.63) is 35.9 Å². The van der Waals surface area contributed by atoms with E-state index in [2.05, 4.69) is 6.92 Å². The highest BCUT2D eigenvalue weighted by molar-refractivity contribution is 5.24. The smallest absolute Gasteiger partial charge is 0.116 e. The number of aliphatic hydroxyl groups is 1. The Balaban J connectivity index is 2.32. The third-order valence-corrected chi connectivity index (χ3v) is 4.68. The van der Waals surface area contributed by atoms with E-state index in [1.165, 1.54) is 19.3 Å². The highest BCUT2D eigenvalue weighted by Crippen LogP contribution is 2.44. The maximum absolute atomic E-state index is 11.3. The van der Waals surface area contributed by atoms with E-state index in [0.717, 1.165) is 18.4 Å². The molecule has 1 aliphatic carbocycles. The lowest BCUT2D eigenvalue weighted by atomic mass is 9.67. The summed E-state index contributed by atoms with van der Waals surface area (Å²) in [7, 11) is 1.68. The fourth-order valence-corrected chi connectivity index (χ4v) is 3.68. The Kier molecular flexibility index (Phi) is 5.00. The second-order valence-electron chi connectivity index (χ2n) is 5.78. The first-order chi connectivity index (χ1) is 9.22. The normalized spacial score (nSPS) is 26.9. The average molecular weight is 262 g/mol. The van der Waals surface area contributed by atoms with Crippen molar-refractivity contribution < 1.29 is 9.84 Å². The van der Waals surface area contributed by atoms with Crippen LogP contribution in [0.25, 0.3) is 0 Å². The van der Waals surface area contributed by atoms with Gasteiger partial charge in [-0.25, -0.2) is 0 Å². The summed E-state index contributed by atoms with van der Waals surface area (Å²) in [6.45, 7) is 2.62. The Hall–Kier alpha value is -0.860. The van der Waals surface area contributed by atoms with Crippen LogP contribution in [0, 0.1) is 11.8 Å². The second-order valence-corrected chi connectivity index (χ2v) is 5.78. The molecule has 1 N–H and O–H groups in total. The van der Waals surface area contributed by atoms with Gasteiger partial charge >= 0.3 is 0 Å². The zero-order valence-corrected chi connectivity index (χ0v) is 12.1. The Morgan fingerprint density at radius 1 is 1.21 bits per heavy atom. The van der Waals surface area contributed by atoms with Gasteiger partial charge in [-0.2, -0.15) is 0 Å². The largest absolute Gasteiger partial charge is 0.382 e. The lowest BCUT2D eigenvalue weighted by Gasteiger charge is -2.43. The molecule has 0 saturated heterocycles. The van der Waals surface area contributed by atoms with Crippen molar-refractivity contribution in [2.75, 3.05) is 13.7 Å². The van der Waals surface area contributed by atoms with Crippen LogP contribution in [0.1, 0.15) is 44.6 Å². The standard InChI is InChI=1S/C17H26O2/c1-3-14-9-7-8-12-16(14)17(18,13-19-2)15-10-5-4-6-11-15/h4-6,10-11,14,16,18H,3,7-9,12-13H2,1-2H3. The van der Waals surface area contributed by atoms with Gasteiger partial charge in [0.2, 0.25) is 0 Å². The third-order valence-electron chi connectivity index (χ3n) is 4.68. The van der Waals surface area contributed by atoms with Crippen LogP contribution in [-0.4, -0.2) is 18.8 Å². The molecule has 0 bridgehead atoms. The zero-order chi connectivity index (χ0) is 13.7. The number of benzene rings is 1. The first-order valence-corrected chi connectivity index (χ1v) is 7.49. The van der Waals surface area contributed by atoms with Crippen molar-refractivity contribution in [3.63, 3.8) is 0 Å². The Morgan fingerprint density at radius 2 is 1.89 bits per heavy atom. The Labute approximate surface area is 116 Å². The van der Waals surface area contributed by atoms with Crippen LogP contribution in [0.2, 0.25) is 0 Å². The molecule has 1 aromatic rings. The molecule has 0 spiro atoms. The minimum absolute atomic E-state index is 0.314. The van der Waals surface area contributed by atoms with Crippen LogP contribution in [0.3, 0.4) is 0 Å². The first-order valence-electron chi connectivity index (χ1n) is 7.49. The van der Waals surface area contributed by atoms with Gasteiger partial charge in [-0.05, 0) is 23.8 Å². The maximum atomic E-state index is 11.3. The molecule has 1 saturated carbocycles. The molecule has 3 atom stereocenters. The quantitative estimate of drug-likeness (QED) is 0.876. The van der Waals surface area contributed by atoms with Gasteiger partial charge in [0.1, 0.15) is 5.60 Å². The molecule has 2 nitrogen and oxygen atoms in total. The molecule has 0 amide bonds. The van der Waals surface area contributed by atoms with E-state index in [0.29, 0.717) is 18.4 Å². The topological polar surface area (TPSA) is 29.5 Å².